The van der Waals surface area contributed by atoms with Gasteiger partial charge in [0.05, 0.1) is 22.6 Å². The highest BCUT2D eigenvalue weighted by Crippen LogP contribution is 2.34. The second kappa shape index (κ2) is 7.12. The molecule has 1 aliphatic rings. The zero-order valence-corrected chi connectivity index (χ0v) is 17.1. The second-order valence-corrected chi connectivity index (χ2v) is 8.14. The van der Waals surface area contributed by atoms with Crippen molar-refractivity contribution in [2.75, 3.05) is 23.7 Å². The van der Waals surface area contributed by atoms with Crippen LogP contribution in [0.15, 0.2) is 54.9 Å². The molecule has 0 atom stereocenters. The molecule has 1 aliphatic heterocycles. The molecule has 4 aromatic heterocycles. The molecule has 0 spiro atoms. The first-order valence-corrected chi connectivity index (χ1v) is 10.7. The topological polar surface area (TPSA) is 99.5 Å². The zero-order valence-electron chi connectivity index (χ0n) is 17.1. The lowest BCUT2D eigenvalue weighted by Gasteiger charge is -2.29. The molecule has 0 bridgehead atoms. The van der Waals surface area contributed by atoms with Crippen LogP contribution in [0.3, 0.4) is 0 Å². The number of nitrogens with two attached hydrogens (primary N) is 1. The number of aromatic amines is 2. The number of nitrogens with zero attached hydrogens (tertiary/aromatic N) is 4. The van der Waals surface area contributed by atoms with Crippen LogP contribution in [0.4, 0.5) is 11.4 Å². The number of rotatable bonds is 3. The van der Waals surface area contributed by atoms with E-state index in [2.05, 4.69) is 49.3 Å². The zero-order chi connectivity index (χ0) is 20.8. The number of hydrogen-bond acceptors (Lipinski definition) is 5. The van der Waals surface area contributed by atoms with Gasteiger partial charge in [-0.25, -0.2) is 4.98 Å². The normalized spacial score (nSPS) is 14.5. The third-order valence-electron chi connectivity index (χ3n) is 6.06. The van der Waals surface area contributed by atoms with Crippen LogP contribution in [0.1, 0.15) is 19.3 Å². The number of nitrogens with one attached hydrogen (secondary N) is 2. The highest BCUT2D eigenvalue weighted by Gasteiger charge is 2.18. The predicted octanol–water partition coefficient (Wildman–Crippen LogP) is 4.74. The Labute approximate surface area is 179 Å². The Morgan fingerprint density at radius 2 is 1.84 bits per heavy atom. The first-order valence-electron chi connectivity index (χ1n) is 10.7. The Hall–Kier alpha value is -3.87. The molecular weight excluding hydrogens is 386 g/mol. The highest BCUT2D eigenvalue weighted by molar-refractivity contribution is 5.99. The van der Waals surface area contributed by atoms with Gasteiger partial charge in [-0.3, -0.25) is 10.1 Å². The summed E-state index contributed by atoms with van der Waals surface area (Å²) in [7, 11) is 0. The number of nitrogen functional groups attached to an aromatic ring is 1. The van der Waals surface area contributed by atoms with Crippen molar-refractivity contribution in [2.24, 2.45) is 0 Å². The van der Waals surface area contributed by atoms with Crippen LogP contribution >= 0.6 is 0 Å². The molecule has 0 amide bonds. The highest BCUT2D eigenvalue weighted by atomic mass is 15.1. The summed E-state index contributed by atoms with van der Waals surface area (Å²) < 4.78 is 0. The first kappa shape index (κ1) is 17.9. The van der Waals surface area contributed by atoms with Crippen molar-refractivity contribution in [3.8, 4) is 22.6 Å². The number of aromatic nitrogens is 5. The van der Waals surface area contributed by atoms with Crippen molar-refractivity contribution < 1.29 is 0 Å². The number of pyridine rings is 2. The van der Waals surface area contributed by atoms with Crippen LogP contribution in [0.5, 0.6) is 0 Å². The van der Waals surface area contributed by atoms with Crippen molar-refractivity contribution in [1.29, 1.82) is 0 Å². The smallest absolute Gasteiger partial charge is 0.135 e. The average Bonchev–Trinajstić information content (AvgIpc) is 3.43. The fourth-order valence-corrected chi connectivity index (χ4v) is 4.52. The quantitative estimate of drug-likeness (QED) is 0.400. The molecule has 5 aromatic rings. The maximum Gasteiger partial charge on any atom is 0.135 e. The maximum atomic E-state index is 5.91. The molecule has 0 unspecified atom stereocenters. The van der Waals surface area contributed by atoms with E-state index in [1.807, 2.05) is 18.2 Å². The number of fused-ring (bicyclic) bond motifs is 2. The molecule has 5 heterocycles. The van der Waals surface area contributed by atoms with E-state index in [1.54, 1.807) is 12.4 Å². The molecule has 6 rings (SSSR count). The lowest BCUT2D eigenvalue weighted by atomic mass is 10.1. The molecule has 0 radical (unpaired) electrons. The predicted molar refractivity (Wildman–Crippen MR) is 125 cm³/mol. The number of hydrogen-bond donors (Lipinski definition) is 3. The van der Waals surface area contributed by atoms with Gasteiger partial charge in [0, 0.05) is 47.6 Å². The molecule has 0 saturated carbocycles. The number of anilines is 2. The fourth-order valence-electron chi connectivity index (χ4n) is 4.52. The van der Waals surface area contributed by atoms with Gasteiger partial charge in [0.1, 0.15) is 11.2 Å². The van der Waals surface area contributed by atoms with Crippen LogP contribution in [0.2, 0.25) is 0 Å². The summed E-state index contributed by atoms with van der Waals surface area (Å²) in [6, 6.07) is 14.5. The minimum Gasteiger partial charge on any atom is -0.397 e. The molecule has 7 nitrogen and oxygen atoms in total. The van der Waals surface area contributed by atoms with E-state index in [0.717, 1.165) is 52.3 Å². The molecule has 4 N–H and O–H groups in total. The monoisotopic (exact) mass is 409 g/mol. The Morgan fingerprint density at radius 3 is 2.71 bits per heavy atom. The van der Waals surface area contributed by atoms with E-state index < -0.39 is 0 Å². The molecule has 0 aliphatic carbocycles. The summed E-state index contributed by atoms with van der Waals surface area (Å²) in [5, 5.41) is 8.93. The third-order valence-corrected chi connectivity index (χ3v) is 6.06. The summed E-state index contributed by atoms with van der Waals surface area (Å²) in [4.78, 5) is 15.1. The minimum atomic E-state index is 0.618. The first-order chi connectivity index (χ1) is 15.3. The van der Waals surface area contributed by atoms with Crippen LogP contribution in [-0.4, -0.2) is 38.2 Å². The summed E-state index contributed by atoms with van der Waals surface area (Å²) in [6.07, 6.45) is 7.24. The largest absolute Gasteiger partial charge is 0.397 e. The number of benzene rings is 1. The van der Waals surface area contributed by atoms with Crippen molar-refractivity contribution in [3.63, 3.8) is 0 Å². The van der Waals surface area contributed by atoms with E-state index in [9.17, 15) is 0 Å². The molecule has 154 valence electrons. The van der Waals surface area contributed by atoms with Gasteiger partial charge in [-0.2, -0.15) is 5.10 Å². The molecular formula is C24H23N7. The molecule has 31 heavy (non-hydrogen) atoms. The summed E-state index contributed by atoms with van der Waals surface area (Å²) in [5.74, 6) is 0. The van der Waals surface area contributed by atoms with Crippen LogP contribution in [0, 0.1) is 0 Å². The van der Waals surface area contributed by atoms with Gasteiger partial charge in [0.25, 0.3) is 0 Å². The van der Waals surface area contributed by atoms with Gasteiger partial charge < -0.3 is 15.6 Å². The SMILES string of the molecule is Nc1cncc(-c2ccc3[nH]nc(-c4cc5c(N6CCCCC6)cccc5[nH]4)c3n2)c1. The average molecular weight is 409 g/mol. The Bertz CT molecular complexity index is 1390. The maximum absolute atomic E-state index is 5.91. The molecule has 1 saturated heterocycles. The van der Waals surface area contributed by atoms with Gasteiger partial charge in [-0.05, 0) is 55.7 Å². The van der Waals surface area contributed by atoms with E-state index in [-0.39, 0.29) is 0 Å². The summed E-state index contributed by atoms with van der Waals surface area (Å²) in [6.45, 7) is 2.23. The fraction of sp³-hybridized carbons (Fsp3) is 0.208. The third kappa shape index (κ3) is 3.09. The second-order valence-electron chi connectivity index (χ2n) is 8.14. The number of H-pyrrole nitrogens is 2. The van der Waals surface area contributed by atoms with Crippen molar-refractivity contribution in [1.82, 2.24) is 25.1 Å². The number of piperidine rings is 1. The van der Waals surface area contributed by atoms with E-state index in [1.165, 1.54) is 30.3 Å². The Balaban J connectivity index is 1.46. The van der Waals surface area contributed by atoms with E-state index >= 15 is 0 Å². The van der Waals surface area contributed by atoms with Gasteiger partial charge in [0.2, 0.25) is 0 Å². The van der Waals surface area contributed by atoms with Gasteiger partial charge in [-0.15, -0.1) is 0 Å². The van der Waals surface area contributed by atoms with E-state index in [4.69, 9.17) is 10.7 Å². The lowest BCUT2D eigenvalue weighted by Crippen LogP contribution is -2.29. The molecule has 1 aromatic carbocycles. The Kier molecular flexibility index (Phi) is 4.12. The minimum absolute atomic E-state index is 0.618. The Morgan fingerprint density at radius 1 is 0.935 bits per heavy atom. The van der Waals surface area contributed by atoms with Gasteiger partial charge in [-0.1, -0.05) is 6.07 Å². The van der Waals surface area contributed by atoms with Crippen LogP contribution < -0.4 is 10.6 Å². The summed E-state index contributed by atoms with van der Waals surface area (Å²) in [5.41, 5.74) is 14.1. The molecule has 7 heteroatoms. The lowest BCUT2D eigenvalue weighted by molar-refractivity contribution is 0.579. The van der Waals surface area contributed by atoms with E-state index in [0.29, 0.717) is 5.69 Å². The molecule has 1 fully saturated rings. The van der Waals surface area contributed by atoms with Crippen molar-refractivity contribution in [3.05, 3.63) is 54.9 Å². The standard InChI is InChI=1S/C24H23N7/c25-16-11-15(13-26-14-16)18-7-8-20-23(28-18)24(30-29-20)21-12-17-19(27-21)5-4-6-22(17)31-9-2-1-3-10-31/h4-8,11-14,27H,1-3,9-10,25H2,(H,29,30). The van der Waals surface area contributed by atoms with Crippen LogP contribution in [-0.2, 0) is 0 Å². The van der Waals surface area contributed by atoms with Gasteiger partial charge >= 0.3 is 0 Å². The van der Waals surface area contributed by atoms with Crippen LogP contribution in [0.25, 0.3) is 44.6 Å². The van der Waals surface area contributed by atoms with Crippen molar-refractivity contribution >= 4 is 33.3 Å². The summed E-state index contributed by atoms with van der Waals surface area (Å²) >= 11 is 0. The van der Waals surface area contributed by atoms with Crippen molar-refractivity contribution in [2.45, 2.75) is 19.3 Å². The van der Waals surface area contributed by atoms with Gasteiger partial charge in [0.15, 0.2) is 0 Å².